The number of rotatable bonds is 9. The largest absolute Gasteiger partial charge is 0.461 e. The summed E-state index contributed by atoms with van der Waals surface area (Å²) in [5.41, 5.74) is 6.67. The van der Waals surface area contributed by atoms with Crippen molar-refractivity contribution in [3.63, 3.8) is 0 Å². The van der Waals surface area contributed by atoms with Gasteiger partial charge in [0.1, 0.15) is 6.61 Å². The maximum absolute atomic E-state index is 11.6. The van der Waals surface area contributed by atoms with Gasteiger partial charge < -0.3 is 15.8 Å². The SMILES string of the molecule is CCCN=C(N)NCCCCC(=O)OCc1ccccc1.I. The van der Waals surface area contributed by atoms with Crippen LogP contribution >= 0.6 is 24.0 Å². The lowest BCUT2D eigenvalue weighted by atomic mass is 10.2. The second kappa shape index (κ2) is 13.4. The van der Waals surface area contributed by atoms with Crippen LogP contribution in [0, 0.1) is 0 Å². The van der Waals surface area contributed by atoms with Crippen molar-refractivity contribution in [1.82, 2.24) is 5.32 Å². The molecule has 0 spiro atoms. The molecule has 0 radical (unpaired) electrons. The van der Waals surface area contributed by atoms with Gasteiger partial charge in [-0.1, -0.05) is 37.3 Å². The highest BCUT2D eigenvalue weighted by atomic mass is 127. The van der Waals surface area contributed by atoms with E-state index in [2.05, 4.69) is 17.2 Å². The van der Waals surface area contributed by atoms with E-state index in [1.165, 1.54) is 0 Å². The van der Waals surface area contributed by atoms with Crippen molar-refractivity contribution in [3.8, 4) is 0 Å². The number of nitrogens with two attached hydrogens (primary N) is 1. The lowest BCUT2D eigenvalue weighted by Gasteiger charge is -2.06. The first-order valence-corrected chi connectivity index (χ1v) is 7.45. The summed E-state index contributed by atoms with van der Waals surface area (Å²) in [5.74, 6) is 0.315. The van der Waals surface area contributed by atoms with E-state index in [4.69, 9.17) is 10.5 Å². The summed E-state index contributed by atoms with van der Waals surface area (Å²) in [6.07, 6.45) is 3.06. The fourth-order valence-electron chi connectivity index (χ4n) is 1.71. The van der Waals surface area contributed by atoms with Crippen LogP contribution in [0.1, 0.15) is 38.2 Å². The van der Waals surface area contributed by atoms with Gasteiger partial charge in [0.15, 0.2) is 5.96 Å². The number of nitrogens with zero attached hydrogens (tertiary/aromatic N) is 1. The molecular formula is C16H26IN3O2. The minimum absolute atomic E-state index is 0. The van der Waals surface area contributed by atoms with Crippen molar-refractivity contribution >= 4 is 35.9 Å². The van der Waals surface area contributed by atoms with E-state index in [1.54, 1.807) is 0 Å². The van der Waals surface area contributed by atoms with Gasteiger partial charge in [-0.2, -0.15) is 0 Å². The number of benzene rings is 1. The molecule has 0 atom stereocenters. The molecule has 6 heteroatoms. The Morgan fingerprint density at radius 1 is 1.27 bits per heavy atom. The summed E-state index contributed by atoms with van der Waals surface area (Å²) in [4.78, 5) is 15.7. The van der Waals surface area contributed by atoms with Crippen LogP contribution in [0.4, 0.5) is 0 Å². The second-order valence-electron chi connectivity index (χ2n) is 4.80. The van der Waals surface area contributed by atoms with Crippen LogP contribution in [-0.2, 0) is 16.1 Å². The van der Waals surface area contributed by atoms with Gasteiger partial charge in [0.2, 0.25) is 0 Å². The quantitative estimate of drug-likeness (QED) is 0.212. The van der Waals surface area contributed by atoms with Crippen molar-refractivity contribution < 1.29 is 9.53 Å². The molecule has 3 N–H and O–H groups in total. The number of nitrogens with one attached hydrogen (secondary N) is 1. The summed E-state index contributed by atoms with van der Waals surface area (Å²) in [5, 5.41) is 3.02. The van der Waals surface area contributed by atoms with Crippen molar-refractivity contribution in [3.05, 3.63) is 35.9 Å². The zero-order chi connectivity index (χ0) is 15.3. The van der Waals surface area contributed by atoms with Crippen LogP contribution in [0.2, 0.25) is 0 Å². The van der Waals surface area contributed by atoms with E-state index in [-0.39, 0.29) is 29.9 Å². The molecule has 0 aliphatic heterocycles. The Labute approximate surface area is 149 Å². The molecule has 0 unspecified atom stereocenters. The molecule has 0 heterocycles. The van der Waals surface area contributed by atoms with Crippen LogP contribution in [0.3, 0.4) is 0 Å². The molecule has 22 heavy (non-hydrogen) atoms. The number of carbonyl (C=O) groups excluding carboxylic acids is 1. The first-order chi connectivity index (χ1) is 10.2. The maximum Gasteiger partial charge on any atom is 0.306 e. The first kappa shape index (κ1) is 20.7. The zero-order valence-electron chi connectivity index (χ0n) is 13.1. The number of halogens is 1. The smallest absolute Gasteiger partial charge is 0.306 e. The third kappa shape index (κ3) is 10.4. The Hall–Kier alpha value is -1.31. The average molecular weight is 419 g/mol. The standard InChI is InChI=1S/C16H25N3O2.HI/c1-2-11-18-16(17)19-12-7-6-10-15(20)21-13-14-8-4-3-5-9-14;/h3-5,8-9H,2,6-7,10-13H2,1H3,(H3,17,18,19);1H. The van der Waals surface area contributed by atoms with Crippen LogP contribution in [0.15, 0.2) is 35.3 Å². The van der Waals surface area contributed by atoms with Gasteiger partial charge in [-0.25, -0.2) is 0 Å². The van der Waals surface area contributed by atoms with Crippen LogP contribution in [-0.4, -0.2) is 25.0 Å². The van der Waals surface area contributed by atoms with E-state index >= 15 is 0 Å². The molecule has 0 aliphatic rings. The molecule has 1 rings (SSSR count). The minimum Gasteiger partial charge on any atom is -0.461 e. The Balaban J connectivity index is 0.00000441. The summed E-state index contributed by atoms with van der Waals surface area (Å²) in [6.45, 7) is 3.86. The van der Waals surface area contributed by atoms with E-state index in [9.17, 15) is 4.79 Å². The van der Waals surface area contributed by atoms with Gasteiger partial charge in [0.05, 0.1) is 0 Å². The molecule has 124 valence electrons. The third-order valence-electron chi connectivity index (χ3n) is 2.86. The molecule has 1 aromatic rings. The van der Waals surface area contributed by atoms with E-state index < -0.39 is 0 Å². The predicted octanol–water partition coefficient (Wildman–Crippen LogP) is 2.83. The molecule has 0 fully saturated rings. The van der Waals surface area contributed by atoms with Crippen molar-refractivity contribution in [2.45, 2.75) is 39.2 Å². The summed E-state index contributed by atoms with van der Waals surface area (Å²) >= 11 is 0. The average Bonchev–Trinajstić information content (AvgIpc) is 2.51. The van der Waals surface area contributed by atoms with Gasteiger partial charge in [0.25, 0.3) is 0 Å². The van der Waals surface area contributed by atoms with E-state index in [0.717, 1.165) is 37.9 Å². The molecule has 0 amide bonds. The Bertz CT molecular complexity index is 438. The van der Waals surface area contributed by atoms with Gasteiger partial charge >= 0.3 is 5.97 Å². The van der Waals surface area contributed by atoms with Crippen LogP contribution < -0.4 is 11.1 Å². The normalized spacial score (nSPS) is 10.7. The predicted molar refractivity (Wildman–Crippen MR) is 100 cm³/mol. The highest BCUT2D eigenvalue weighted by Gasteiger charge is 2.03. The third-order valence-corrected chi connectivity index (χ3v) is 2.86. The Morgan fingerprint density at radius 2 is 2.00 bits per heavy atom. The van der Waals surface area contributed by atoms with Gasteiger partial charge in [0, 0.05) is 19.5 Å². The number of ether oxygens (including phenoxy) is 1. The van der Waals surface area contributed by atoms with Crippen LogP contribution in [0.5, 0.6) is 0 Å². The zero-order valence-corrected chi connectivity index (χ0v) is 15.4. The summed E-state index contributed by atoms with van der Waals surface area (Å²) in [6, 6.07) is 9.68. The minimum atomic E-state index is -0.161. The summed E-state index contributed by atoms with van der Waals surface area (Å²) in [7, 11) is 0. The molecule has 0 bridgehead atoms. The summed E-state index contributed by atoms with van der Waals surface area (Å²) < 4.78 is 5.20. The number of unbranched alkanes of at least 4 members (excludes halogenated alkanes) is 1. The molecule has 1 aromatic carbocycles. The molecule has 0 saturated carbocycles. The van der Waals surface area contributed by atoms with Gasteiger partial charge in [-0.15, -0.1) is 24.0 Å². The van der Waals surface area contributed by atoms with E-state index in [0.29, 0.717) is 19.0 Å². The van der Waals surface area contributed by atoms with Gasteiger partial charge in [-0.05, 0) is 24.8 Å². The Morgan fingerprint density at radius 3 is 2.68 bits per heavy atom. The monoisotopic (exact) mass is 419 g/mol. The molecule has 0 saturated heterocycles. The molecule has 0 aromatic heterocycles. The lowest BCUT2D eigenvalue weighted by Crippen LogP contribution is -2.32. The first-order valence-electron chi connectivity index (χ1n) is 7.45. The van der Waals surface area contributed by atoms with Crippen molar-refractivity contribution in [1.29, 1.82) is 0 Å². The fraction of sp³-hybridized carbons (Fsp3) is 0.500. The van der Waals surface area contributed by atoms with Crippen molar-refractivity contribution in [2.24, 2.45) is 10.7 Å². The molecule has 0 aliphatic carbocycles. The van der Waals surface area contributed by atoms with Gasteiger partial charge in [-0.3, -0.25) is 9.79 Å². The number of hydrogen-bond acceptors (Lipinski definition) is 3. The number of carbonyl (C=O) groups is 1. The highest BCUT2D eigenvalue weighted by Crippen LogP contribution is 2.03. The van der Waals surface area contributed by atoms with Crippen LogP contribution in [0.25, 0.3) is 0 Å². The molecular weight excluding hydrogens is 393 g/mol. The number of guanidine groups is 1. The topological polar surface area (TPSA) is 76.7 Å². The van der Waals surface area contributed by atoms with E-state index in [1.807, 2.05) is 30.3 Å². The molecule has 5 nitrogen and oxygen atoms in total. The van der Waals surface area contributed by atoms with Crippen molar-refractivity contribution in [2.75, 3.05) is 13.1 Å². The maximum atomic E-state index is 11.6. The highest BCUT2D eigenvalue weighted by molar-refractivity contribution is 14.0. The lowest BCUT2D eigenvalue weighted by molar-refractivity contribution is -0.145. The second-order valence-corrected chi connectivity index (χ2v) is 4.80. The fourth-order valence-corrected chi connectivity index (χ4v) is 1.71. The Kier molecular flexibility index (Phi) is 12.6. The number of hydrogen-bond donors (Lipinski definition) is 2. The number of aliphatic imine (C=N–C) groups is 1. The number of esters is 1.